The molecule has 2 aromatic rings. The van der Waals surface area contributed by atoms with E-state index in [2.05, 4.69) is 5.32 Å². The van der Waals surface area contributed by atoms with Crippen LogP contribution in [0.1, 0.15) is 0 Å². The van der Waals surface area contributed by atoms with Gasteiger partial charge in [0.25, 0.3) is 0 Å². The highest BCUT2D eigenvalue weighted by Gasteiger charge is 2.06. The quantitative estimate of drug-likeness (QED) is 0.779. The molecule has 0 fully saturated rings. The van der Waals surface area contributed by atoms with Crippen molar-refractivity contribution >= 4 is 28.7 Å². The van der Waals surface area contributed by atoms with Crippen LogP contribution in [0.4, 0.5) is 21.5 Å². The molecule has 0 bridgehead atoms. The molecule has 82 valence electrons. The first kappa shape index (κ1) is 10.8. The van der Waals surface area contributed by atoms with Crippen molar-refractivity contribution in [1.82, 2.24) is 0 Å². The predicted molar refractivity (Wildman–Crippen MR) is 65.5 cm³/mol. The van der Waals surface area contributed by atoms with Crippen molar-refractivity contribution in [3.05, 3.63) is 53.3 Å². The second-order valence-corrected chi connectivity index (χ2v) is 3.72. The fraction of sp³-hybridized carbons (Fsp3) is 0. The van der Waals surface area contributed by atoms with Gasteiger partial charge in [-0.05, 0) is 24.3 Å². The minimum atomic E-state index is -0.346. The third kappa shape index (κ3) is 2.09. The molecular weight excluding hydrogens is 227 g/mol. The number of halogens is 2. The van der Waals surface area contributed by atoms with E-state index in [0.717, 1.165) is 0 Å². The first-order valence-electron chi connectivity index (χ1n) is 4.74. The Bertz CT molecular complexity index is 494. The summed E-state index contributed by atoms with van der Waals surface area (Å²) in [5.41, 5.74) is 7.10. The van der Waals surface area contributed by atoms with Crippen molar-refractivity contribution in [2.45, 2.75) is 0 Å². The third-order valence-corrected chi connectivity index (χ3v) is 2.49. The van der Waals surface area contributed by atoms with Crippen molar-refractivity contribution < 1.29 is 4.39 Å². The molecule has 2 nitrogen and oxygen atoms in total. The SMILES string of the molecule is Nc1cccc(Cl)c1Nc1ccccc1F. The third-order valence-electron chi connectivity index (χ3n) is 2.18. The second-order valence-electron chi connectivity index (χ2n) is 3.31. The normalized spacial score (nSPS) is 10.1. The Morgan fingerprint density at radius 3 is 2.50 bits per heavy atom. The average Bonchev–Trinajstić information content (AvgIpc) is 2.26. The molecule has 0 aliphatic carbocycles. The number of rotatable bonds is 2. The lowest BCUT2D eigenvalue weighted by Crippen LogP contribution is -1.98. The maximum atomic E-state index is 13.4. The summed E-state index contributed by atoms with van der Waals surface area (Å²) in [7, 11) is 0. The lowest BCUT2D eigenvalue weighted by Gasteiger charge is -2.11. The van der Waals surface area contributed by atoms with Crippen molar-refractivity contribution in [3.8, 4) is 0 Å². The van der Waals surface area contributed by atoms with Crippen LogP contribution >= 0.6 is 11.6 Å². The van der Waals surface area contributed by atoms with E-state index < -0.39 is 0 Å². The summed E-state index contributed by atoms with van der Waals surface area (Å²) in [6, 6.07) is 11.5. The first-order chi connectivity index (χ1) is 7.68. The molecule has 0 saturated carbocycles. The fourth-order valence-corrected chi connectivity index (χ4v) is 1.60. The van der Waals surface area contributed by atoms with Gasteiger partial charge in [0, 0.05) is 0 Å². The second kappa shape index (κ2) is 4.41. The molecule has 0 radical (unpaired) electrons. The van der Waals surface area contributed by atoms with Crippen molar-refractivity contribution in [2.24, 2.45) is 0 Å². The van der Waals surface area contributed by atoms with Gasteiger partial charge in [-0.2, -0.15) is 0 Å². The number of hydrogen-bond donors (Lipinski definition) is 2. The van der Waals surface area contributed by atoms with Crippen molar-refractivity contribution in [1.29, 1.82) is 0 Å². The van der Waals surface area contributed by atoms with E-state index in [1.165, 1.54) is 6.07 Å². The van der Waals surface area contributed by atoms with Gasteiger partial charge in [-0.15, -0.1) is 0 Å². The molecule has 0 unspecified atom stereocenters. The molecule has 0 aromatic heterocycles. The summed E-state index contributed by atoms with van der Waals surface area (Å²) in [6.45, 7) is 0. The summed E-state index contributed by atoms with van der Waals surface area (Å²) in [5, 5.41) is 3.34. The van der Waals surface area contributed by atoms with E-state index in [-0.39, 0.29) is 5.82 Å². The van der Waals surface area contributed by atoms with Gasteiger partial charge in [-0.1, -0.05) is 29.8 Å². The number of nitrogens with one attached hydrogen (secondary N) is 1. The monoisotopic (exact) mass is 236 g/mol. The highest BCUT2D eigenvalue weighted by atomic mass is 35.5. The highest BCUT2D eigenvalue weighted by molar-refractivity contribution is 6.34. The minimum absolute atomic E-state index is 0.346. The average molecular weight is 237 g/mol. The van der Waals surface area contributed by atoms with Crippen LogP contribution in [-0.4, -0.2) is 0 Å². The fourth-order valence-electron chi connectivity index (χ4n) is 1.37. The first-order valence-corrected chi connectivity index (χ1v) is 5.12. The summed E-state index contributed by atoms with van der Waals surface area (Å²) >= 11 is 5.97. The Balaban J connectivity index is 2.38. The van der Waals surface area contributed by atoms with E-state index in [1.807, 2.05) is 0 Å². The van der Waals surface area contributed by atoms with E-state index in [0.29, 0.717) is 22.1 Å². The zero-order valence-corrected chi connectivity index (χ0v) is 9.13. The van der Waals surface area contributed by atoms with Crippen LogP contribution in [0.2, 0.25) is 5.02 Å². The number of benzene rings is 2. The highest BCUT2D eigenvalue weighted by Crippen LogP contribution is 2.31. The van der Waals surface area contributed by atoms with Gasteiger partial charge in [-0.3, -0.25) is 0 Å². The standard InChI is InChI=1S/C12H10ClFN2/c13-8-4-3-6-10(15)12(8)16-11-7-2-1-5-9(11)14/h1-7,16H,15H2. The molecule has 16 heavy (non-hydrogen) atoms. The van der Waals surface area contributed by atoms with E-state index in [9.17, 15) is 4.39 Å². The lowest BCUT2D eigenvalue weighted by atomic mass is 10.2. The zero-order valence-electron chi connectivity index (χ0n) is 8.37. The number of hydrogen-bond acceptors (Lipinski definition) is 2. The van der Waals surface area contributed by atoms with Gasteiger partial charge >= 0.3 is 0 Å². The lowest BCUT2D eigenvalue weighted by molar-refractivity contribution is 0.632. The smallest absolute Gasteiger partial charge is 0.146 e. The van der Waals surface area contributed by atoms with Crippen LogP contribution in [0, 0.1) is 5.82 Å². The molecule has 0 amide bonds. The van der Waals surface area contributed by atoms with Crippen LogP contribution in [0.3, 0.4) is 0 Å². The van der Waals surface area contributed by atoms with Crippen LogP contribution in [0.25, 0.3) is 0 Å². The van der Waals surface area contributed by atoms with Gasteiger partial charge in [0.15, 0.2) is 0 Å². The maximum Gasteiger partial charge on any atom is 0.146 e. The summed E-state index contributed by atoms with van der Waals surface area (Å²) in [5.74, 6) is -0.346. The molecule has 0 aliphatic heterocycles. The number of nitrogen functional groups attached to an aromatic ring is 1. The van der Waals surface area contributed by atoms with Crippen molar-refractivity contribution in [2.75, 3.05) is 11.1 Å². The molecule has 0 aliphatic rings. The van der Waals surface area contributed by atoms with Gasteiger partial charge in [0.2, 0.25) is 0 Å². The Morgan fingerprint density at radius 1 is 1.06 bits per heavy atom. The van der Waals surface area contributed by atoms with Gasteiger partial charge in [0.05, 0.1) is 22.1 Å². The van der Waals surface area contributed by atoms with Gasteiger partial charge < -0.3 is 11.1 Å². The predicted octanol–water partition coefficient (Wildman–Crippen LogP) is 3.80. The molecule has 2 aromatic carbocycles. The van der Waals surface area contributed by atoms with Crippen molar-refractivity contribution in [3.63, 3.8) is 0 Å². The molecule has 0 saturated heterocycles. The number of nitrogens with two attached hydrogens (primary N) is 1. The van der Waals surface area contributed by atoms with E-state index in [4.69, 9.17) is 17.3 Å². The molecular formula is C12H10ClFN2. The topological polar surface area (TPSA) is 38.0 Å². The summed E-state index contributed by atoms with van der Waals surface area (Å²) in [4.78, 5) is 0. The Kier molecular flexibility index (Phi) is 2.97. The number of anilines is 3. The van der Waals surface area contributed by atoms with E-state index in [1.54, 1.807) is 36.4 Å². The number of para-hydroxylation sites is 2. The Hall–Kier alpha value is -1.74. The van der Waals surface area contributed by atoms with E-state index >= 15 is 0 Å². The summed E-state index contributed by atoms with van der Waals surface area (Å²) in [6.07, 6.45) is 0. The summed E-state index contributed by atoms with van der Waals surface area (Å²) < 4.78 is 13.4. The molecule has 0 heterocycles. The Morgan fingerprint density at radius 2 is 1.81 bits per heavy atom. The Labute approximate surface area is 97.8 Å². The van der Waals surface area contributed by atoms with Crippen LogP contribution < -0.4 is 11.1 Å². The largest absolute Gasteiger partial charge is 0.397 e. The van der Waals surface area contributed by atoms with Crippen LogP contribution in [0.5, 0.6) is 0 Å². The molecule has 4 heteroatoms. The zero-order chi connectivity index (χ0) is 11.5. The van der Waals surface area contributed by atoms with Gasteiger partial charge in [-0.25, -0.2) is 4.39 Å². The van der Waals surface area contributed by atoms with Gasteiger partial charge in [0.1, 0.15) is 5.82 Å². The maximum absolute atomic E-state index is 13.4. The molecule has 0 spiro atoms. The molecule has 2 rings (SSSR count). The van der Waals surface area contributed by atoms with Crippen LogP contribution in [0.15, 0.2) is 42.5 Å². The molecule has 0 atom stereocenters. The van der Waals surface area contributed by atoms with Crippen LogP contribution in [-0.2, 0) is 0 Å². The molecule has 3 N–H and O–H groups in total. The minimum Gasteiger partial charge on any atom is -0.397 e.